The van der Waals surface area contributed by atoms with E-state index in [1.807, 2.05) is 18.2 Å². The van der Waals surface area contributed by atoms with E-state index in [1.165, 1.54) is 5.56 Å². The summed E-state index contributed by atoms with van der Waals surface area (Å²) < 4.78 is 0. The molecule has 2 nitrogen and oxygen atoms in total. The van der Waals surface area contributed by atoms with Gasteiger partial charge in [0.15, 0.2) is 0 Å². The number of aryl methyl sites for hydroxylation is 1. The molecule has 0 saturated heterocycles. The van der Waals surface area contributed by atoms with Crippen LogP contribution in [-0.4, -0.2) is 10.5 Å². The Hall–Kier alpha value is -1.02. The topological polar surface area (TPSA) is 37.3 Å². The zero-order valence-electron chi connectivity index (χ0n) is 6.12. The van der Waals surface area contributed by atoms with E-state index in [4.69, 9.17) is 9.90 Å². The average molecular weight is 173 g/mol. The van der Waals surface area contributed by atoms with Crippen molar-refractivity contribution >= 4 is 17.0 Å². The summed E-state index contributed by atoms with van der Waals surface area (Å²) in [6, 6.07) is 10.3. The predicted molar refractivity (Wildman–Crippen MR) is 45.1 cm³/mol. The molecule has 0 saturated carbocycles. The van der Waals surface area contributed by atoms with Crippen LogP contribution >= 0.6 is 11.6 Å². The SMILES string of the molecule is Cc1ccccc1.O=C(O)Cl. The molecule has 1 N–H and O–H groups in total. The molecule has 0 unspecified atom stereocenters. The molecule has 0 aliphatic carbocycles. The van der Waals surface area contributed by atoms with Gasteiger partial charge >= 0.3 is 5.43 Å². The summed E-state index contributed by atoms with van der Waals surface area (Å²) in [5.74, 6) is 0. The molecular weight excluding hydrogens is 164 g/mol. The van der Waals surface area contributed by atoms with Crippen LogP contribution < -0.4 is 0 Å². The minimum atomic E-state index is -1.36. The lowest BCUT2D eigenvalue weighted by molar-refractivity contribution is 0.220. The first-order valence-corrected chi connectivity index (χ1v) is 3.41. The molecule has 11 heavy (non-hydrogen) atoms. The molecule has 60 valence electrons. The third-order valence-corrected chi connectivity index (χ3v) is 0.940. The van der Waals surface area contributed by atoms with Crippen molar-refractivity contribution in [3.05, 3.63) is 35.9 Å². The van der Waals surface area contributed by atoms with E-state index < -0.39 is 5.43 Å². The van der Waals surface area contributed by atoms with Crippen molar-refractivity contribution in [2.75, 3.05) is 0 Å². The van der Waals surface area contributed by atoms with Crippen LogP contribution in [0, 0.1) is 6.92 Å². The molecule has 1 aromatic rings. The molecule has 0 aliphatic heterocycles. The molecule has 0 heterocycles. The van der Waals surface area contributed by atoms with Crippen molar-refractivity contribution in [3.8, 4) is 0 Å². The third kappa shape index (κ3) is 8.98. The first-order chi connectivity index (χ1) is 5.13. The Balaban J connectivity index is 0.000000218. The Morgan fingerprint density at radius 1 is 1.36 bits per heavy atom. The normalized spacial score (nSPS) is 7.82. The molecule has 0 atom stereocenters. The van der Waals surface area contributed by atoms with Crippen LogP contribution in [-0.2, 0) is 0 Å². The molecule has 0 spiro atoms. The molecule has 0 aromatic heterocycles. The first-order valence-electron chi connectivity index (χ1n) is 3.03. The van der Waals surface area contributed by atoms with Gasteiger partial charge in [-0.3, -0.25) is 0 Å². The lowest BCUT2D eigenvalue weighted by Crippen LogP contribution is -1.66. The predicted octanol–water partition coefficient (Wildman–Crippen LogP) is 2.90. The quantitative estimate of drug-likeness (QED) is 0.611. The van der Waals surface area contributed by atoms with Crippen LogP contribution in [0.4, 0.5) is 4.79 Å². The van der Waals surface area contributed by atoms with Crippen molar-refractivity contribution in [1.29, 1.82) is 0 Å². The van der Waals surface area contributed by atoms with Gasteiger partial charge in [0.1, 0.15) is 0 Å². The van der Waals surface area contributed by atoms with E-state index in [0.29, 0.717) is 0 Å². The maximum Gasteiger partial charge on any atom is 0.401 e. The van der Waals surface area contributed by atoms with Crippen LogP contribution in [0.2, 0.25) is 0 Å². The smallest absolute Gasteiger partial charge is 0.401 e. The molecule has 0 fully saturated rings. The van der Waals surface area contributed by atoms with Gasteiger partial charge in [0.25, 0.3) is 0 Å². The maximum atomic E-state index is 8.77. The van der Waals surface area contributed by atoms with Gasteiger partial charge in [-0.2, -0.15) is 0 Å². The molecule has 0 amide bonds. The lowest BCUT2D eigenvalue weighted by atomic mass is 10.2. The molecule has 1 aromatic carbocycles. The van der Waals surface area contributed by atoms with Gasteiger partial charge < -0.3 is 5.11 Å². The number of carbonyl (C=O) groups is 1. The Morgan fingerprint density at radius 2 is 1.73 bits per heavy atom. The van der Waals surface area contributed by atoms with E-state index >= 15 is 0 Å². The highest BCUT2D eigenvalue weighted by molar-refractivity contribution is 6.60. The average Bonchev–Trinajstić information content (AvgIpc) is 1.87. The Morgan fingerprint density at radius 3 is 1.91 bits per heavy atom. The summed E-state index contributed by atoms with van der Waals surface area (Å²) in [5, 5.41) is 7.18. The molecule has 3 heteroatoms. The van der Waals surface area contributed by atoms with Gasteiger partial charge in [0.05, 0.1) is 0 Å². The second-order valence-electron chi connectivity index (χ2n) is 1.91. The van der Waals surface area contributed by atoms with E-state index in [0.717, 1.165) is 0 Å². The second-order valence-corrected chi connectivity index (χ2v) is 2.23. The van der Waals surface area contributed by atoms with Crippen molar-refractivity contribution in [2.24, 2.45) is 0 Å². The minimum Gasteiger partial charge on any atom is -0.469 e. The zero-order valence-corrected chi connectivity index (χ0v) is 6.88. The number of halogens is 1. The summed E-state index contributed by atoms with van der Waals surface area (Å²) in [5.41, 5.74) is -0.0394. The Bertz CT molecular complexity index is 205. The fraction of sp³-hybridized carbons (Fsp3) is 0.125. The zero-order chi connectivity index (χ0) is 8.69. The monoisotopic (exact) mass is 172 g/mol. The van der Waals surface area contributed by atoms with Crippen LogP contribution in [0.1, 0.15) is 5.56 Å². The molecule has 1 rings (SSSR count). The molecule has 0 radical (unpaired) electrons. The highest BCUT2D eigenvalue weighted by Gasteiger charge is 1.72. The van der Waals surface area contributed by atoms with E-state index in [-0.39, 0.29) is 0 Å². The van der Waals surface area contributed by atoms with Gasteiger partial charge in [-0.15, -0.1) is 0 Å². The van der Waals surface area contributed by atoms with Gasteiger partial charge in [-0.25, -0.2) is 4.79 Å². The maximum absolute atomic E-state index is 8.77. The van der Waals surface area contributed by atoms with E-state index in [1.54, 1.807) is 0 Å². The standard InChI is InChI=1S/C7H8.CHClO2/c1-7-5-3-2-4-6-7;2-1(3)4/h2-6H,1H3;(H,3,4). The fourth-order valence-corrected chi connectivity index (χ4v) is 0.534. The second kappa shape index (κ2) is 5.74. The first kappa shape index (κ1) is 9.98. The third-order valence-electron chi connectivity index (χ3n) is 0.940. The van der Waals surface area contributed by atoms with Crippen LogP contribution in [0.25, 0.3) is 0 Å². The summed E-state index contributed by atoms with van der Waals surface area (Å²) in [6.07, 6.45) is 0. The molecule has 0 aliphatic rings. The van der Waals surface area contributed by atoms with Crippen molar-refractivity contribution in [1.82, 2.24) is 0 Å². The lowest BCUT2D eigenvalue weighted by Gasteiger charge is -1.82. The summed E-state index contributed by atoms with van der Waals surface area (Å²) in [4.78, 5) is 8.77. The van der Waals surface area contributed by atoms with Crippen LogP contribution in [0.15, 0.2) is 30.3 Å². The summed E-state index contributed by atoms with van der Waals surface area (Å²) >= 11 is 4.19. The summed E-state index contributed by atoms with van der Waals surface area (Å²) in [6.45, 7) is 2.08. The Labute approximate surface area is 70.4 Å². The van der Waals surface area contributed by atoms with Crippen molar-refractivity contribution in [2.45, 2.75) is 6.92 Å². The minimum absolute atomic E-state index is 1.32. The highest BCUT2D eigenvalue weighted by atomic mass is 35.5. The molecule has 0 bridgehead atoms. The van der Waals surface area contributed by atoms with Gasteiger partial charge in [0.2, 0.25) is 0 Å². The number of carboxylic acid groups (broad SMARTS) is 1. The number of hydrogen-bond donors (Lipinski definition) is 1. The Kier molecular flexibility index (Phi) is 5.21. The van der Waals surface area contributed by atoms with Gasteiger partial charge in [-0.1, -0.05) is 35.9 Å². The van der Waals surface area contributed by atoms with Gasteiger partial charge in [0, 0.05) is 11.6 Å². The van der Waals surface area contributed by atoms with Crippen molar-refractivity contribution in [3.63, 3.8) is 0 Å². The highest BCUT2D eigenvalue weighted by Crippen LogP contribution is 1.92. The van der Waals surface area contributed by atoms with E-state index in [2.05, 4.69) is 30.7 Å². The van der Waals surface area contributed by atoms with Crippen LogP contribution in [0.3, 0.4) is 0 Å². The van der Waals surface area contributed by atoms with Crippen LogP contribution in [0.5, 0.6) is 0 Å². The number of benzene rings is 1. The number of hydrogen-bond acceptors (Lipinski definition) is 1. The number of rotatable bonds is 0. The van der Waals surface area contributed by atoms with Crippen molar-refractivity contribution < 1.29 is 9.90 Å². The fourth-order valence-electron chi connectivity index (χ4n) is 0.534. The summed E-state index contributed by atoms with van der Waals surface area (Å²) in [7, 11) is 0. The van der Waals surface area contributed by atoms with E-state index in [9.17, 15) is 0 Å². The largest absolute Gasteiger partial charge is 0.469 e. The molecular formula is C8H9ClO2. The van der Waals surface area contributed by atoms with Gasteiger partial charge in [-0.05, 0) is 6.92 Å².